The molecule has 3 N–H and O–H groups in total. The topological polar surface area (TPSA) is 64.3 Å². The van der Waals surface area contributed by atoms with Crippen molar-refractivity contribution >= 4 is 17.7 Å². The summed E-state index contributed by atoms with van der Waals surface area (Å²) in [5.74, 6) is 1.09. The number of nitrogens with two attached hydrogens (primary N) is 1. The van der Waals surface area contributed by atoms with Crippen molar-refractivity contribution in [3.8, 4) is 0 Å². The Balaban J connectivity index is 3.44. The molecule has 4 nitrogen and oxygen atoms in total. The van der Waals surface area contributed by atoms with Crippen molar-refractivity contribution in [2.75, 3.05) is 32.2 Å². The van der Waals surface area contributed by atoms with Crippen molar-refractivity contribution in [1.29, 1.82) is 0 Å². The third kappa shape index (κ3) is 7.17. The van der Waals surface area contributed by atoms with Crippen LogP contribution in [0.4, 0.5) is 0 Å². The number of nitrogens with one attached hydrogen (secondary N) is 1. The molecule has 0 aliphatic rings. The maximum Gasteiger partial charge on any atom is 0.222 e. The van der Waals surface area contributed by atoms with Gasteiger partial charge in [-0.3, -0.25) is 4.79 Å². The summed E-state index contributed by atoms with van der Waals surface area (Å²) in [6.07, 6.45) is 3.26. The largest absolute Gasteiger partial charge is 0.380 e. The zero-order chi connectivity index (χ0) is 10.8. The Hall–Kier alpha value is -0.260. The number of ether oxygens (including phenoxy) is 1. The molecule has 0 rings (SSSR count). The highest BCUT2D eigenvalue weighted by molar-refractivity contribution is 7.98. The summed E-state index contributed by atoms with van der Waals surface area (Å²) in [6.45, 7) is 1.12. The van der Waals surface area contributed by atoms with Crippen molar-refractivity contribution < 1.29 is 9.53 Å². The highest BCUT2D eigenvalue weighted by Crippen LogP contribution is 1.96. The molecule has 14 heavy (non-hydrogen) atoms. The van der Waals surface area contributed by atoms with Gasteiger partial charge in [-0.2, -0.15) is 11.8 Å². The van der Waals surface area contributed by atoms with Crippen molar-refractivity contribution in [1.82, 2.24) is 5.32 Å². The van der Waals surface area contributed by atoms with Gasteiger partial charge in [0.1, 0.15) is 0 Å². The molecular weight excluding hydrogens is 200 g/mol. The van der Waals surface area contributed by atoms with Crippen LogP contribution in [0.2, 0.25) is 0 Å². The van der Waals surface area contributed by atoms with Gasteiger partial charge in [0.05, 0.1) is 12.5 Å². The van der Waals surface area contributed by atoms with Crippen LogP contribution in [-0.2, 0) is 9.53 Å². The van der Waals surface area contributed by atoms with Gasteiger partial charge in [-0.25, -0.2) is 0 Å². The predicted molar refractivity (Wildman–Crippen MR) is 60.5 cm³/mol. The molecular formula is C9H20N2O2S. The second-order valence-electron chi connectivity index (χ2n) is 2.99. The fourth-order valence-corrected chi connectivity index (χ4v) is 1.42. The number of rotatable bonds is 8. The third-order valence-corrected chi connectivity index (χ3v) is 2.55. The summed E-state index contributed by atoms with van der Waals surface area (Å²) < 4.78 is 5.01. The average molecular weight is 220 g/mol. The van der Waals surface area contributed by atoms with Gasteiger partial charge in [0.25, 0.3) is 0 Å². The van der Waals surface area contributed by atoms with Crippen LogP contribution in [0.1, 0.15) is 12.8 Å². The summed E-state index contributed by atoms with van der Waals surface area (Å²) in [6, 6.07) is 0. The highest BCUT2D eigenvalue weighted by Gasteiger charge is 2.10. The van der Waals surface area contributed by atoms with Crippen molar-refractivity contribution in [2.24, 2.45) is 5.73 Å². The minimum absolute atomic E-state index is 0.0170. The molecule has 1 unspecified atom stereocenters. The van der Waals surface area contributed by atoms with E-state index in [2.05, 4.69) is 11.6 Å². The van der Waals surface area contributed by atoms with E-state index in [0.29, 0.717) is 13.0 Å². The van der Waals surface area contributed by atoms with E-state index in [0.717, 1.165) is 18.7 Å². The molecule has 0 aromatic rings. The fourth-order valence-electron chi connectivity index (χ4n) is 0.986. The number of hydrogen-bond acceptors (Lipinski definition) is 4. The summed E-state index contributed by atoms with van der Waals surface area (Å²) in [4.78, 5) is 11.3. The second-order valence-corrected chi connectivity index (χ2v) is 3.98. The van der Waals surface area contributed by atoms with Crippen LogP contribution in [0.25, 0.3) is 0 Å². The van der Waals surface area contributed by atoms with Crippen molar-refractivity contribution in [2.45, 2.75) is 18.9 Å². The minimum atomic E-state index is -0.157. The minimum Gasteiger partial charge on any atom is -0.380 e. The summed E-state index contributed by atoms with van der Waals surface area (Å²) in [7, 11) is 1.57. The monoisotopic (exact) mass is 220 g/mol. The lowest BCUT2D eigenvalue weighted by molar-refractivity contribution is -0.123. The zero-order valence-electron chi connectivity index (χ0n) is 8.91. The van der Waals surface area contributed by atoms with Crippen LogP contribution < -0.4 is 11.1 Å². The lowest BCUT2D eigenvalue weighted by atomic mass is 10.2. The molecule has 84 valence electrons. The smallest absolute Gasteiger partial charge is 0.222 e. The average Bonchev–Trinajstić information content (AvgIpc) is 2.21. The first-order valence-corrected chi connectivity index (χ1v) is 6.12. The standard InChI is InChI=1S/C9H20N2O2S/c1-13-8(7-10)6-9(12)11-4-3-5-14-2/h8H,3-7,10H2,1-2H3,(H,11,12). The van der Waals surface area contributed by atoms with Crippen LogP contribution in [0.3, 0.4) is 0 Å². The number of thioether (sulfide) groups is 1. The maximum atomic E-state index is 11.3. The normalized spacial score (nSPS) is 12.5. The van der Waals surface area contributed by atoms with Gasteiger partial charge in [0, 0.05) is 20.2 Å². The van der Waals surface area contributed by atoms with Crippen LogP contribution in [0.15, 0.2) is 0 Å². The van der Waals surface area contributed by atoms with Crippen molar-refractivity contribution in [3.05, 3.63) is 0 Å². The van der Waals surface area contributed by atoms with Gasteiger partial charge in [-0.05, 0) is 18.4 Å². The summed E-state index contributed by atoms with van der Waals surface area (Å²) >= 11 is 1.78. The molecule has 0 heterocycles. The van der Waals surface area contributed by atoms with Crippen LogP contribution in [-0.4, -0.2) is 44.2 Å². The SMILES string of the molecule is COC(CN)CC(=O)NCCCSC. The number of carbonyl (C=O) groups excluding carboxylic acids is 1. The van der Waals surface area contributed by atoms with E-state index in [4.69, 9.17) is 10.5 Å². The van der Waals surface area contributed by atoms with E-state index >= 15 is 0 Å². The van der Waals surface area contributed by atoms with Gasteiger partial charge < -0.3 is 15.8 Å². The van der Waals surface area contributed by atoms with E-state index < -0.39 is 0 Å². The molecule has 0 aromatic carbocycles. The van der Waals surface area contributed by atoms with E-state index in [1.165, 1.54) is 0 Å². The van der Waals surface area contributed by atoms with Crippen molar-refractivity contribution in [3.63, 3.8) is 0 Å². The molecule has 0 spiro atoms. The van der Waals surface area contributed by atoms with Gasteiger partial charge in [0.15, 0.2) is 0 Å². The molecule has 5 heteroatoms. The maximum absolute atomic E-state index is 11.3. The van der Waals surface area contributed by atoms with Crippen LogP contribution >= 0.6 is 11.8 Å². The summed E-state index contributed by atoms with van der Waals surface area (Å²) in [5, 5.41) is 2.83. The zero-order valence-corrected chi connectivity index (χ0v) is 9.73. The first-order chi connectivity index (χ1) is 6.74. The second kappa shape index (κ2) is 9.30. The first-order valence-electron chi connectivity index (χ1n) is 4.73. The molecule has 1 atom stereocenters. The molecule has 0 aliphatic heterocycles. The number of amides is 1. The van der Waals surface area contributed by atoms with Crippen LogP contribution in [0, 0.1) is 0 Å². The third-order valence-electron chi connectivity index (χ3n) is 1.86. The molecule has 1 amide bonds. The lowest BCUT2D eigenvalue weighted by Crippen LogP contribution is -2.32. The molecule has 0 fully saturated rings. The Morgan fingerprint density at radius 3 is 2.86 bits per heavy atom. The molecule has 0 bridgehead atoms. The van der Waals surface area contributed by atoms with Gasteiger partial charge >= 0.3 is 0 Å². The van der Waals surface area contributed by atoms with Gasteiger partial charge in [-0.15, -0.1) is 0 Å². The first kappa shape index (κ1) is 13.7. The quantitative estimate of drug-likeness (QED) is 0.574. The van der Waals surface area contributed by atoms with Gasteiger partial charge in [0.2, 0.25) is 5.91 Å². The fraction of sp³-hybridized carbons (Fsp3) is 0.889. The van der Waals surface area contributed by atoms with E-state index in [9.17, 15) is 4.79 Å². The number of carbonyl (C=O) groups is 1. The van der Waals surface area contributed by atoms with E-state index in [-0.39, 0.29) is 12.0 Å². The summed E-state index contributed by atoms with van der Waals surface area (Å²) in [5.41, 5.74) is 5.40. The Labute approximate surface area is 89.9 Å². The lowest BCUT2D eigenvalue weighted by Gasteiger charge is -2.12. The van der Waals surface area contributed by atoms with Crippen LogP contribution in [0.5, 0.6) is 0 Å². The Bertz CT molecular complexity index is 152. The Morgan fingerprint density at radius 2 is 2.36 bits per heavy atom. The van der Waals surface area contributed by atoms with E-state index in [1.54, 1.807) is 18.9 Å². The molecule has 0 aliphatic carbocycles. The molecule has 0 saturated heterocycles. The predicted octanol–water partition coefficient (Wildman–Crippen LogP) is 0.220. The Morgan fingerprint density at radius 1 is 1.64 bits per heavy atom. The highest BCUT2D eigenvalue weighted by atomic mass is 32.2. The number of methoxy groups -OCH3 is 1. The Kier molecular flexibility index (Phi) is 9.13. The van der Waals surface area contributed by atoms with Gasteiger partial charge in [-0.1, -0.05) is 0 Å². The number of hydrogen-bond donors (Lipinski definition) is 2. The molecule has 0 radical (unpaired) electrons. The molecule has 0 aromatic heterocycles. The molecule has 0 saturated carbocycles. The van der Waals surface area contributed by atoms with E-state index in [1.807, 2.05) is 0 Å².